The first kappa shape index (κ1) is 44.0. The van der Waals surface area contributed by atoms with Gasteiger partial charge in [0.25, 0.3) is 0 Å². The number of aryl methyl sites for hydroxylation is 2. The Bertz CT molecular complexity index is 4840. The second kappa shape index (κ2) is 16.4. The zero-order valence-electron chi connectivity index (χ0n) is 43.5. The fourth-order valence-corrected chi connectivity index (χ4v) is 13.9. The number of hydrogen-bond acceptors (Lipinski definition) is 4. The summed E-state index contributed by atoms with van der Waals surface area (Å²) in [5.41, 5.74) is 21.8. The van der Waals surface area contributed by atoms with Crippen LogP contribution >= 0.6 is 0 Å². The smallest absolute Gasteiger partial charge is 0.159 e. The van der Waals surface area contributed by atoms with E-state index in [4.69, 9.17) is 8.83 Å². The molecule has 2 aromatic heterocycles. The molecule has 0 unspecified atom stereocenters. The van der Waals surface area contributed by atoms with E-state index in [2.05, 4.69) is 266 Å². The minimum absolute atomic E-state index is 0.624. The Morgan fingerprint density at radius 1 is 0.291 bits per heavy atom. The predicted octanol–water partition coefficient (Wildman–Crippen LogP) is 20.8. The van der Waals surface area contributed by atoms with Gasteiger partial charge in [0, 0.05) is 44.3 Å². The van der Waals surface area contributed by atoms with Gasteiger partial charge in [0.05, 0.1) is 16.8 Å². The summed E-state index contributed by atoms with van der Waals surface area (Å²) in [7, 11) is 0. The number of benzene rings is 13. The molecule has 1 spiro atoms. The molecule has 370 valence electrons. The van der Waals surface area contributed by atoms with Gasteiger partial charge >= 0.3 is 0 Å². The Labute approximate surface area is 456 Å². The Kier molecular flexibility index (Phi) is 9.15. The van der Waals surface area contributed by atoms with Crippen LogP contribution in [0.4, 0.5) is 34.1 Å². The van der Waals surface area contributed by atoms with Crippen LogP contribution in [0, 0.1) is 13.8 Å². The molecule has 0 amide bonds. The van der Waals surface area contributed by atoms with Gasteiger partial charge in [0.2, 0.25) is 0 Å². The maximum Gasteiger partial charge on any atom is 0.159 e. The van der Waals surface area contributed by atoms with Crippen molar-refractivity contribution < 1.29 is 8.83 Å². The molecule has 2 heterocycles. The van der Waals surface area contributed by atoms with Crippen molar-refractivity contribution in [1.82, 2.24) is 0 Å². The topological polar surface area (TPSA) is 32.8 Å². The third kappa shape index (κ3) is 6.25. The molecule has 13 aromatic carbocycles. The first-order valence-electron chi connectivity index (χ1n) is 27.3. The zero-order valence-corrected chi connectivity index (χ0v) is 43.5. The van der Waals surface area contributed by atoms with Gasteiger partial charge in [-0.3, -0.25) is 0 Å². The van der Waals surface area contributed by atoms with Crippen molar-refractivity contribution in [3.05, 3.63) is 288 Å². The van der Waals surface area contributed by atoms with Crippen LogP contribution in [0.1, 0.15) is 33.4 Å². The monoisotopic (exact) mass is 1010 g/mol. The van der Waals surface area contributed by atoms with E-state index in [0.717, 1.165) is 78.0 Å². The molecule has 79 heavy (non-hydrogen) atoms. The second-order valence-corrected chi connectivity index (χ2v) is 21.7. The van der Waals surface area contributed by atoms with E-state index < -0.39 is 5.41 Å². The maximum atomic E-state index is 6.76. The molecular weight excluding hydrogens is 961 g/mol. The van der Waals surface area contributed by atoms with Crippen molar-refractivity contribution in [2.75, 3.05) is 9.80 Å². The first-order chi connectivity index (χ1) is 39.0. The summed E-state index contributed by atoms with van der Waals surface area (Å²) in [6.07, 6.45) is 0. The van der Waals surface area contributed by atoms with Crippen molar-refractivity contribution in [3.63, 3.8) is 0 Å². The molecule has 4 heteroatoms. The summed E-state index contributed by atoms with van der Waals surface area (Å²) < 4.78 is 13.5. The minimum atomic E-state index is -0.624. The van der Waals surface area contributed by atoms with Crippen LogP contribution in [0.2, 0.25) is 0 Å². The molecule has 0 saturated heterocycles. The molecule has 2 aliphatic rings. The quantitative estimate of drug-likeness (QED) is 0.166. The number of rotatable bonds is 6. The number of nitrogens with zero attached hydrogens (tertiary/aromatic N) is 2. The third-order valence-electron chi connectivity index (χ3n) is 17.2. The number of anilines is 6. The van der Waals surface area contributed by atoms with Crippen molar-refractivity contribution in [1.29, 1.82) is 0 Å². The normalized spacial score (nSPS) is 13.0. The van der Waals surface area contributed by atoms with Crippen LogP contribution in [-0.4, -0.2) is 0 Å². The summed E-state index contributed by atoms with van der Waals surface area (Å²) in [4.78, 5) is 4.75. The molecular formula is C75H48N2O2. The summed E-state index contributed by atoms with van der Waals surface area (Å²) >= 11 is 0. The largest absolute Gasteiger partial charge is 0.454 e. The molecule has 0 fully saturated rings. The van der Waals surface area contributed by atoms with Gasteiger partial charge in [-0.2, -0.15) is 0 Å². The average molecular weight is 1010 g/mol. The van der Waals surface area contributed by atoms with E-state index in [-0.39, 0.29) is 0 Å². The second-order valence-electron chi connectivity index (χ2n) is 21.7. The van der Waals surface area contributed by atoms with E-state index in [0.29, 0.717) is 0 Å². The molecule has 15 aromatic rings. The van der Waals surface area contributed by atoms with E-state index in [1.165, 1.54) is 88.0 Å². The maximum absolute atomic E-state index is 6.76. The fraction of sp³-hybridized carbons (Fsp3) is 0.0400. The Hall–Kier alpha value is -10.2. The van der Waals surface area contributed by atoms with Gasteiger partial charge in [0.1, 0.15) is 11.2 Å². The first-order valence-corrected chi connectivity index (χ1v) is 27.3. The molecule has 0 radical (unpaired) electrons. The number of hydrogen-bond donors (Lipinski definition) is 0. The minimum Gasteiger partial charge on any atom is -0.454 e. The molecule has 0 atom stereocenters. The number of para-hydroxylation sites is 4. The highest BCUT2D eigenvalue weighted by atomic mass is 16.3. The summed E-state index contributed by atoms with van der Waals surface area (Å²) in [6.45, 7) is 4.33. The van der Waals surface area contributed by atoms with Gasteiger partial charge in [-0.1, -0.05) is 158 Å². The van der Waals surface area contributed by atoms with Gasteiger partial charge in [0.15, 0.2) is 11.2 Å². The number of furan rings is 2. The van der Waals surface area contributed by atoms with Crippen LogP contribution in [0.3, 0.4) is 0 Å². The van der Waals surface area contributed by atoms with Crippen molar-refractivity contribution in [2.24, 2.45) is 0 Å². The summed E-state index contributed by atoms with van der Waals surface area (Å²) in [6, 6.07) is 94.2. The average Bonchev–Trinajstić information content (AvgIpc) is 2.28. The molecule has 0 bridgehead atoms. The number of fused-ring (bicyclic) bond motifs is 20. The van der Waals surface area contributed by atoms with Crippen LogP contribution in [-0.2, 0) is 5.41 Å². The van der Waals surface area contributed by atoms with Gasteiger partial charge < -0.3 is 18.6 Å². The van der Waals surface area contributed by atoms with Crippen molar-refractivity contribution in [2.45, 2.75) is 19.3 Å². The lowest BCUT2D eigenvalue weighted by Gasteiger charge is -2.31. The lowest BCUT2D eigenvalue weighted by molar-refractivity contribution is 0.668. The Balaban J connectivity index is 0.913. The van der Waals surface area contributed by atoms with Crippen LogP contribution in [0.5, 0.6) is 0 Å². The van der Waals surface area contributed by atoms with E-state index in [9.17, 15) is 0 Å². The van der Waals surface area contributed by atoms with E-state index >= 15 is 0 Å². The standard InChI is InChI=1S/C75H48N2O2/c1-45-15-11-18-52(37-45)76(68-27-13-24-59-57-21-6-9-29-70(57)78-73(59)68)54-34-31-48-41-62-63-42-49-32-35-55(77(53-19-12-16-46(2)38-53)69-28-14-25-60-58-22-7-10-30-71(58)79-74(60)69)40-51(49)44-67(63)75(66(62)43-50(48)39-54)64-26-8-5-23-61(64)72-56-20-4-3-17-47(56)33-36-65(72)75/h3-44H,1-2H3. The van der Waals surface area contributed by atoms with Crippen LogP contribution in [0.15, 0.2) is 264 Å². The molecule has 0 aliphatic heterocycles. The molecule has 4 nitrogen and oxygen atoms in total. The van der Waals surface area contributed by atoms with Crippen molar-refractivity contribution >= 4 is 110 Å². The molecule has 0 N–H and O–H groups in total. The molecule has 17 rings (SSSR count). The van der Waals surface area contributed by atoms with Gasteiger partial charge in [-0.15, -0.1) is 0 Å². The van der Waals surface area contributed by atoms with Gasteiger partial charge in [-0.25, -0.2) is 0 Å². The lowest BCUT2D eigenvalue weighted by Crippen LogP contribution is -2.26. The highest BCUT2D eigenvalue weighted by molar-refractivity contribution is 6.13. The van der Waals surface area contributed by atoms with E-state index in [1.807, 2.05) is 12.1 Å². The molecule has 0 saturated carbocycles. The van der Waals surface area contributed by atoms with Crippen LogP contribution < -0.4 is 9.80 Å². The zero-order chi connectivity index (χ0) is 52.1. The van der Waals surface area contributed by atoms with Crippen molar-refractivity contribution in [3.8, 4) is 22.3 Å². The van der Waals surface area contributed by atoms with Crippen LogP contribution in [0.25, 0.3) is 98.4 Å². The highest BCUT2D eigenvalue weighted by Crippen LogP contribution is 2.65. The Morgan fingerprint density at radius 2 is 0.759 bits per heavy atom. The van der Waals surface area contributed by atoms with E-state index in [1.54, 1.807) is 0 Å². The molecule has 2 aliphatic carbocycles. The predicted molar refractivity (Wildman–Crippen MR) is 329 cm³/mol. The fourth-order valence-electron chi connectivity index (χ4n) is 13.9. The lowest BCUT2D eigenvalue weighted by atomic mass is 9.70. The SMILES string of the molecule is Cc1cccc(N(c2ccc3cc4c(cc3c2)C2(c3cc5cc(N(c6cccc(C)c6)c6cccc7c6oc6ccccc67)ccc5cc3-4)c3ccccc3-c3c2ccc2ccccc32)c2cccc3c2oc2ccccc23)c1. The Morgan fingerprint density at radius 3 is 1.33 bits per heavy atom. The van der Waals surface area contributed by atoms with Gasteiger partial charge in [-0.05, 0) is 199 Å². The highest BCUT2D eigenvalue weighted by Gasteiger charge is 2.52. The summed E-state index contributed by atoms with van der Waals surface area (Å²) in [5.74, 6) is 0. The third-order valence-corrected chi connectivity index (χ3v) is 17.2. The summed E-state index contributed by atoms with van der Waals surface area (Å²) in [5, 5.41) is 11.6.